The van der Waals surface area contributed by atoms with Gasteiger partial charge < -0.3 is 20.7 Å². The zero-order valence-corrected chi connectivity index (χ0v) is 18.6. The van der Waals surface area contributed by atoms with Gasteiger partial charge in [-0.2, -0.15) is 0 Å². The molecule has 0 spiro atoms. The van der Waals surface area contributed by atoms with E-state index in [1.807, 2.05) is 24.3 Å². The summed E-state index contributed by atoms with van der Waals surface area (Å²) in [6, 6.07) is 13.9. The number of carbonyl (C=O) groups excluding carboxylic acids is 1. The molecule has 0 aliphatic carbocycles. The van der Waals surface area contributed by atoms with Gasteiger partial charge in [0.2, 0.25) is 3.79 Å². The van der Waals surface area contributed by atoms with Gasteiger partial charge >= 0.3 is 0 Å². The number of anilines is 1. The highest BCUT2D eigenvalue weighted by atomic mass is 79.9. The van der Waals surface area contributed by atoms with Crippen LogP contribution in [0.5, 0.6) is 5.75 Å². The first-order valence-electron chi connectivity index (χ1n) is 7.54. The Morgan fingerprint density at radius 2 is 1.81 bits per heavy atom. The summed E-state index contributed by atoms with van der Waals surface area (Å²) >= 11 is 26.6. The number of ether oxygens (including phenoxy) is 1. The average molecular weight is 512 g/mol. The molecule has 1 atom stereocenters. The van der Waals surface area contributed by atoms with Crippen LogP contribution in [0.15, 0.2) is 53.0 Å². The topological polar surface area (TPSA) is 62.4 Å². The van der Waals surface area contributed by atoms with Crippen LogP contribution in [0.4, 0.5) is 5.69 Å². The zero-order valence-electron chi connectivity index (χ0n) is 13.9. The van der Waals surface area contributed by atoms with Gasteiger partial charge in [0.15, 0.2) is 5.11 Å². The van der Waals surface area contributed by atoms with Crippen molar-refractivity contribution in [1.29, 1.82) is 0 Å². The van der Waals surface area contributed by atoms with Crippen LogP contribution in [-0.4, -0.2) is 28.1 Å². The summed E-state index contributed by atoms with van der Waals surface area (Å²) in [7, 11) is 1.51. The van der Waals surface area contributed by atoms with Crippen molar-refractivity contribution in [2.75, 3.05) is 12.4 Å². The minimum atomic E-state index is -1.85. The van der Waals surface area contributed by atoms with Crippen LogP contribution >= 0.6 is 63.0 Å². The lowest BCUT2D eigenvalue weighted by Gasteiger charge is -2.27. The number of hydrogen-bond donors (Lipinski definition) is 3. The zero-order chi connectivity index (χ0) is 20.0. The second-order valence-corrected chi connectivity index (χ2v) is 8.98. The summed E-state index contributed by atoms with van der Waals surface area (Å²) in [5, 5.41) is 8.55. The van der Waals surface area contributed by atoms with Crippen molar-refractivity contribution in [2.24, 2.45) is 0 Å². The maximum atomic E-state index is 12.5. The van der Waals surface area contributed by atoms with Crippen LogP contribution in [0.2, 0.25) is 0 Å². The Morgan fingerprint density at radius 1 is 1.15 bits per heavy atom. The van der Waals surface area contributed by atoms with Crippen molar-refractivity contribution < 1.29 is 9.53 Å². The number of amides is 1. The predicted octanol–water partition coefficient (Wildman–Crippen LogP) is 4.87. The van der Waals surface area contributed by atoms with Crippen molar-refractivity contribution in [3.8, 4) is 5.75 Å². The number of nitrogens with one attached hydrogen (secondary N) is 3. The fourth-order valence-electron chi connectivity index (χ4n) is 2.01. The molecule has 1 amide bonds. The number of halogens is 4. The Hall–Kier alpha value is -1.25. The van der Waals surface area contributed by atoms with Gasteiger partial charge in [-0.1, -0.05) is 56.8 Å². The molecular weight excluding hydrogens is 497 g/mol. The summed E-state index contributed by atoms with van der Waals surface area (Å²) < 4.78 is 4.19. The van der Waals surface area contributed by atoms with Crippen LogP contribution in [0.3, 0.4) is 0 Å². The fraction of sp³-hybridized carbons (Fsp3) is 0.176. The molecule has 27 heavy (non-hydrogen) atoms. The summed E-state index contributed by atoms with van der Waals surface area (Å²) in [6.45, 7) is 0. The van der Waals surface area contributed by atoms with E-state index in [2.05, 4.69) is 31.9 Å². The molecule has 144 valence electrons. The SMILES string of the molecule is COc1cccc(C(=O)N[C@H](NC(=S)Nc2ccc(Br)cc2)C(Cl)(Cl)Cl)c1. The van der Waals surface area contributed by atoms with Crippen molar-refractivity contribution in [2.45, 2.75) is 9.96 Å². The maximum Gasteiger partial charge on any atom is 0.253 e. The summed E-state index contributed by atoms with van der Waals surface area (Å²) in [5.74, 6) is 0.0811. The van der Waals surface area contributed by atoms with Crippen LogP contribution in [0.25, 0.3) is 0 Å². The van der Waals surface area contributed by atoms with E-state index in [1.165, 1.54) is 7.11 Å². The van der Waals surface area contributed by atoms with Gasteiger partial charge in [-0.05, 0) is 54.7 Å². The molecule has 2 aromatic rings. The number of hydrogen-bond acceptors (Lipinski definition) is 3. The van der Waals surface area contributed by atoms with E-state index < -0.39 is 15.9 Å². The van der Waals surface area contributed by atoms with Gasteiger partial charge in [-0.15, -0.1) is 0 Å². The molecule has 0 fully saturated rings. The molecule has 0 saturated heterocycles. The molecule has 3 N–H and O–H groups in total. The minimum absolute atomic E-state index is 0.180. The normalized spacial score (nSPS) is 12.0. The van der Waals surface area contributed by atoms with E-state index in [9.17, 15) is 4.79 Å². The fourth-order valence-corrected chi connectivity index (χ4v) is 2.84. The first kappa shape index (κ1) is 22.0. The highest BCUT2D eigenvalue weighted by Crippen LogP contribution is 2.29. The van der Waals surface area contributed by atoms with Crippen LogP contribution in [-0.2, 0) is 0 Å². The van der Waals surface area contributed by atoms with Gasteiger partial charge in [0.1, 0.15) is 11.9 Å². The van der Waals surface area contributed by atoms with E-state index in [-0.39, 0.29) is 5.11 Å². The summed E-state index contributed by atoms with van der Waals surface area (Å²) in [6.07, 6.45) is -1.07. The Kier molecular flexibility index (Phi) is 8.00. The van der Waals surface area contributed by atoms with Crippen molar-refractivity contribution in [3.05, 3.63) is 58.6 Å². The highest BCUT2D eigenvalue weighted by Gasteiger charge is 2.35. The molecule has 0 radical (unpaired) electrons. The largest absolute Gasteiger partial charge is 0.497 e. The van der Waals surface area contributed by atoms with Gasteiger partial charge in [-0.25, -0.2) is 0 Å². The van der Waals surface area contributed by atoms with E-state index in [4.69, 9.17) is 51.8 Å². The van der Waals surface area contributed by atoms with Crippen molar-refractivity contribution in [3.63, 3.8) is 0 Å². The number of thiocarbonyl (C=S) groups is 1. The molecule has 2 aromatic carbocycles. The van der Waals surface area contributed by atoms with Crippen LogP contribution < -0.4 is 20.7 Å². The lowest BCUT2D eigenvalue weighted by Crippen LogP contribution is -2.56. The van der Waals surface area contributed by atoms with Gasteiger partial charge in [-0.3, -0.25) is 4.79 Å². The molecule has 2 rings (SSSR count). The predicted molar refractivity (Wildman–Crippen MR) is 118 cm³/mol. The first-order valence-corrected chi connectivity index (χ1v) is 9.87. The van der Waals surface area contributed by atoms with Crippen LogP contribution in [0.1, 0.15) is 10.4 Å². The Balaban J connectivity index is 2.07. The maximum absolute atomic E-state index is 12.5. The number of alkyl halides is 3. The van der Waals surface area contributed by atoms with E-state index in [0.717, 1.165) is 10.2 Å². The van der Waals surface area contributed by atoms with E-state index in [1.54, 1.807) is 24.3 Å². The molecule has 0 unspecified atom stereocenters. The Labute approximate surface area is 185 Å². The lowest BCUT2D eigenvalue weighted by atomic mass is 10.2. The quantitative estimate of drug-likeness (QED) is 0.304. The molecule has 5 nitrogen and oxygen atoms in total. The number of carbonyl (C=O) groups is 1. The molecular formula is C17H15BrCl3N3O2S. The second-order valence-electron chi connectivity index (χ2n) is 5.29. The molecule has 10 heteroatoms. The first-order chi connectivity index (χ1) is 12.7. The van der Waals surface area contributed by atoms with E-state index in [0.29, 0.717) is 11.3 Å². The van der Waals surface area contributed by atoms with Crippen LogP contribution in [0, 0.1) is 0 Å². The second kappa shape index (κ2) is 9.80. The highest BCUT2D eigenvalue weighted by molar-refractivity contribution is 9.10. The molecule has 0 saturated carbocycles. The van der Waals surface area contributed by atoms with E-state index >= 15 is 0 Å². The minimum Gasteiger partial charge on any atom is -0.497 e. The Bertz CT molecular complexity index is 816. The summed E-state index contributed by atoms with van der Waals surface area (Å²) in [4.78, 5) is 12.5. The molecule has 0 aromatic heterocycles. The lowest BCUT2D eigenvalue weighted by molar-refractivity contribution is 0.0934. The van der Waals surface area contributed by atoms with Gasteiger partial charge in [0, 0.05) is 15.7 Å². The van der Waals surface area contributed by atoms with Gasteiger partial charge in [0.25, 0.3) is 5.91 Å². The third-order valence-electron chi connectivity index (χ3n) is 3.31. The standard InChI is InChI=1S/C17H15BrCl3N3O2S/c1-26-13-4-2-3-10(9-13)14(25)23-15(17(19,20)21)24-16(27)22-12-7-5-11(18)6-8-12/h2-9,15H,1H3,(H,23,25)(H2,22,24,27)/t15-/m1/s1. The van der Waals surface area contributed by atoms with Gasteiger partial charge in [0.05, 0.1) is 7.11 Å². The average Bonchev–Trinajstić information content (AvgIpc) is 2.62. The van der Waals surface area contributed by atoms with Crippen molar-refractivity contribution in [1.82, 2.24) is 10.6 Å². The number of rotatable bonds is 5. The number of benzene rings is 2. The number of methoxy groups -OCH3 is 1. The molecule has 0 bridgehead atoms. The monoisotopic (exact) mass is 509 g/mol. The molecule has 0 heterocycles. The Morgan fingerprint density at radius 3 is 2.41 bits per heavy atom. The molecule has 0 aliphatic heterocycles. The third kappa shape index (κ3) is 7.01. The molecule has 0 aliphatic rings. The smallest absolute Gasteiger partial charge is 0.253 e. The summed E-state index contributed by atoms with van der Waals surface area (Å²) in [5.41, 5.74) is 1.08. The third-order valence-corrected chi connectivity index (χ3v) is 4.72. The van der Waals surface area contributed by atoms with Crippen molar-refractivity contribution >= 4 is 79.7 Å².